The van der Waals surface area contributed by atoms with Crippen LogP contribution in [-0.2, 0) is 0 Å². The van der Waals surface area contributed by atoms with Crippen molar-refractivity contribution in [3.05, 3.63) is 36.5 Å². The number of hydrogen-bond donors (Lipinski definition) is 1. The highest BCUT2D eigenvalue weighted by molar-refractivity contribution is 5.11. The molecule has 0 spiro atoms. The monoisotopic (exact) mass is 166 g/mol. The van der Waals surface area contributed by atoms with Crippen molar-refractivity contribution in [2.24, 2.45) is 0 Å². The summed E-state index contributed by atoms with van der Waals surface area (Å²) in [6.45, 7) is 4.03. The molecule has 0 aliphatic heterocycles. The summed E-state index contributed by atoms with van der Waals surface area (Å²) >= 11 is 0. The van der Waals surface area contributed by atoms with Crippen LogP contribution in [0.15, 0.2) is 36.5 Å². The fourth-order valence-electron chi connectivity index (χ4n) is 0.824. The molecular formula is C11H18O. The first-order valence-corrected chi connectivity index (χ1v) is 4.45. The molecule has 0 heterocycles. The van der Waals surface area contributed by atoms with Gasteiger partial charge in [-0.25, -0.2) is 0 Å². The molecule has 12 heavy (non-hydrogen) atoms. The number of rotatable bonds is 5. The van der Waals surface area contributed by atoms with Crippen LogP contribution in [0.1, 0.15) is 26.7 Å². The Labute approximate surface area is 75.1 Å². The lowest BCUT2D eigenvalue weighted by atomic mass is 10.2. The molecule has 1 unspecified atom stereocenters. The summed E-state index contributed by atoms with van der Waals surface area (Å²) in [5.41, 5.74) is 0. The van der Waals surface area contributed by atoms with Gasteiger partial charge in [0.1, 0.15) is 0 Å². The van der Waals surface area contributed by atoms with E-state index in [2.05, 4.69) is 6.92 Å². The Morgan fingerprint density at radius 1 is 1.17 bits per heavy atom. The maximum atomic E-state index is 9.27. The molecule has 0 saturated carbocycles. The number of aliphatic hydroxyl groups excluding tert-OH is 1. The van der Waals surface area contributed by atoms with Crippen LogP contribution in [0.25, 0.3) is 0 Å². The summed E-state index contributed by atoms with van der Waals surface area (Å²) in [7, 11) is 0. The minimum absolute atomic E-state index is 0.287. The van der Waals surface area contributed by atoms with Gasteiger partial charge in [0, 0.05) is 0 Å². The average molecular weight is 166 g/mol. The zero-order valence-electron chi connectivity index (χ0n) is 7.90. The molecule has 0 bridgehead atoms. The van der Waals surface area contributed by atoms with Crippen LogP contribution in [0, 0.1) is 0 Å². The van der Waals surface area contributed by atoms with Crippen LogP contribution >= 0.6 is 0 Å². The Balaban J connectivity index is 3.59. The maximum absolute atomic E-state index is 9.27. The number of aliphatic hydroxyl groups is 1. The van der Waals surface area contributed by atoms with Crippen LogP contribution in [-0.4, -0.2) is 11.2 Å². The minimum atomic E-state index is -0.287. The first-order chi connectivity index (χ1) is 5.81. The molecule has 68 valence electrons. The fraction of sp³-hybridized carbons (Fsp3) is 0.455. The maximum Gasteiger partial charge on any atom is 0.0723 e. The smallest absolute Gasteiger partial charge is 0.0723 e. The second-order valence-corrected chi connectivity index (χ2v) is 2.65. The third-order valence-electron chi connectivity index (χ3n) is 1.44. The van der Waals surface area contributed by atoms with Crippen molar-refractivity contribution in [3.63, 3.8) is 0 Å². The van der Waals surface area contributed by atoms with Crippen molar-refractivity contribution in [3.8, 4) is 0 Å². The van der Waals surface area contributed by atoms with E-state index in [0.29, 0.717) is 0 Å². The van der Waals surface area contributed by atoms with Crippen molar-refractivity contribution < 1.29 is 5.11 Å². The summed E-state index contributed by atoms with van der Waals surface area (Å²) in [4.78, 5) is 0. The van der Waals surface area contributed by atoms with Crippen molar-refractivity contribution in [2.75, 3.05) is 0 Å². The molecule has 0 saturated heterocycles. The van der Waals surface area contributed by atoms with Gasteiger partial charge in [-0.1, -0.05) is 49.8 Å². The zero-order chi connectivity index (χ0) is 9.23. The van der Waals surface area contributed by atoms with Crippen molar-refractivity contribution in [1.82, 2.24) is 0 Å². The van der Waals surface area contributed by atoms with E-state index in [1.54, 1.807) is 0 Å². The second-order valence-electron chi connectivity index (χ2n) is 2.65. The number of hydrogen-bond acceptors (Lipinski definition) is 1. The van der Waals surface area contributed by atoms with Gasteiger partial charge in [0.05, 0.1) is 6.10 Å². The van der Waals surface area contributed by atoms with Gasteiger partial charge in [0.2, 0.25) is 0 Å². The van der Waals surface area contributed by atoms with E-state index >= 15 is 0 Å². The Bertz CT molecular complexity index is 166. The van der Waals surface area contributed by atoms with Crippen molar-refractivity contribution >= 4 is 0 Å². The summed E-state index contributed by atoms with van der Waals surface area (Å²) in [5.74, 6) is 0. The Hall–Kier alpha value is -0.820. The van der Waals surface area contributed by atoms with Gasteiger partial charge in [0.15, 0.2) is 0 Å². The van der Waals surface area contributed by atoms with E-state index in [-0.39, 0.29) is 6.10 Å². The molecule has 0 aliphatic rings. The molecule has 1 heteroatoms. The van der Waals surface area contributed by atoms with Crippen LogP contribution in [0.3, 0.4) is 0 Å². The van der Waals surface area contributed by atoms with E-state index in [1.165, 1.54) is 0 Å². The van der Waals surface area contributed by atoms with E-state index in [0.717, 1.165) is 12.8 Å². The van der Waals surface area contributed by atoms with E-state index in [4.69, 9.17) is 0 Å². The molecule has 0 radical (unpaired) electrons. The van der Waals surface area contributed by atoms with Gasteiger partial charge in [-0.3, -0.25) is 0 Å². The van der Waals surface area contributed by atoms with Gasteiger partial charge in [-0.2, -0.15) is 0 Å². The molecule has 0 aromatic rings. The molecule has 0 rings (SSSR count). The van der Waals surface area contributed by atoms with Crippen LogP contribution < -0.4 is 0 Å². The Kier molecular flexibility index (Phi) is 7.71. The SMILES string of the molecule is C\C=C/C=C/C=C/C(O)CCC. The highest BCUT2D eigenvalue weighted by atomic mass is 16.3. The molecule has 0 aromatic carbocycles. The van der Waals surface area contributed by atoms with E-state index < -0.39 is 0 Å². The molecule has 0 amide bonds. The van der Waals surface area contributed by atoms with Crippen LogP contribution in [0.5, 0.6) is 0 Å². The van der Waals surface area contributed by atoms with E-state index in [9.17, 15) is 5.11 Å². The van der Waals surface area contributed by atoms with E-state index in [1.807, 2.05) is 43.4 Å². The van der Waals surface area contributed by atoms with Crippen LogP contribution in [0.4, 0.5) is 0 Å². The molecule has 1 nitrogen and oxygen atoms in total. The predicted octanol–water partition coefficient (Wildman–Crippen LogP) is 2.84. The average Bonchev–Trinajstić information content (AvgIpc) is 2.05. The Morgan fingerprint density at radius 2 is 1.83 bits per heavy atom. The van der Waals surface area contributed by atoms with Gasteiger partial charge in [-0.15, -0.1) is 0 Å². The topological polar surface area (TPSA) is 20.2 Å². The normalized spacial score (nSPS) is 15.2. The summed E-state index contributed by atoms with van der Waals surface area (Å²) in [6, 6.07) is 0. The van der Waals surface area contributed by atoms with Crippen molar-refractivity contribution in [2.45, 2.75) is 32.8 Å². The third-order valence-corrected chi connectivity index (χ3v) is 1.44. The van der Waals surface area contributed by atoms with Gasteiger partial charge < -0.3 is 5.11 Å². The summed E-state index contributed by atoms with van der Waals surface area (Å²) in [6.07, 6.45) is 13.0. The first kappa shape index (κ1) is 11.2. The molecule has 0 aliphatic carbocycles. The predicted molar refractivity (Wildman–Crippen MR) is 54.0 cm³/mol. The lowest BCUT2D eigenvalue weighted by Crippen LogP contribution is -1.99. The molecule has 0 aromatic heterocycles. The summed E-state index contributed by atoms with van der Waals surface area (Å²) in [5, 5.41) is 9.27. The van der Waals surface area contributed by atoms with Gasteiger partial charge in [-0.05, 0) is 13.3 Å². The fourth-order valence-corrected chi connectivity index (χ4v) is 0.824. The summed E-state index contributed by atoms with van der Waals surface area (Å²) < 4.78 is 0. The molecule has 1 atom stereocenters. The number of allylic oxidation sites excluding steroid dienone is 5. The lowest BCUT2D eigenvalue weighted by Gasteiger charge is -1.99. The Morgan fingerprint density at radius 3 is 2.42 bits per heavy atom. The minimum Gasteiger partial charge on any atom is -0.389 e. The molecular weight excluding hydrogens is 148 g/mol. The quantitative estimate of drug-likeness (QED) is 0.623. The van der Waals surface area contributed by atoms with Crippen LogP contribution in [0.2, 0.25) is 0 Å². The first-order valence-electron chi connectivity index (χ1n) is 4.45. The standard InChI is InChI=1S/C11H18O/c1-3-5-6-7-8-10-11(12)9-4-2/h3,5-8,10-12H,4,9H2,1-2H3/b5-3-,7-6+,10-8+. The second kappa shape index (κ2) is 8.28. The zero-order valence-corrected chi connectivity index (χ0v) is 7.90. The van der Waals surface area contributed by atoms with Crippen molar-refractivity contribution in [1.29, 1.82) is 0 Å². The molecule has 0 fully saturated rings. The lowest BCUT2D eigenvalue weighted by molar-refractivity contribution is 0.211. The molecule has 1 N–H and O–H groups in total. The van der Waals surface area contributed by atoms with Gasteiger partial charge in [0.25, 0.3) is 0 Å². The van der Waals surface area contributed by atoms with Gasteiger partial charge >= 0.3 is 0 Å². The highest BCUT2D eigenvalue weighted by Crippen LogP contribution is 1.97. The highest BCUT2D eigenvalue weighted by Gasteiger charge is 1.92. The largest absolute Gasteiger partial charge is 0.389 e. The third kappa shape index (κ3) is 7.29.